The van der Waals surface area contributed by atoms with Gasteiger partial charge < -0.3 is 0 Å². The van der Waals surface area contributed by atoms with Crippen molar-refractivity contribution in [3.05, 3.63) is 35.4 Å². The summed E-state index contributed by atoms with van der Waals surface area (Å²) in [5.74, 6) is 0.0334. The van der Waals surface area contributed by atoms with Gasteiger partial charge in [-0.25, -0.2) is 0 Å². The van der Waals surface area contributed by atoms with E-state index in [1.54, 1.807) is 0 Å². The van der Waals surface area contributed by atoms with Crippen LogP contribution in [0, 0.1) is 18.3 Å². The molecule has 1 aromatic carbocycles. The van der Waals surface area contributed by atoms with Crippen LogP contribution in [0.2, 0.25) is 0 Å². The lowest BCUT2D eigenvalue weighted by molar-refractivity contribution is -0.139. The van der Waals surface area contributed by atoms with Crippen LogP contribution in [-0.2, 0) is 9.59 Å². The Morgan fingerprint density at radius 3 is 2.43 bits per heavy atom. The summed E-state index contributed by atoms with van der Waals surface area (Å²) in [5, 5.41) is 2.51. The maximum absolute atomic E-state index is 12.4. The monoisotopic (exact) mass is 287 g/mol. The minimum absolute atomic E-state index is 0.144. The molecule has 1 saturated heterocycles. The smallest absolute Gasteiger partial charge is 0.234 e. The molecule has 2 atom stereocenters. The topological polar surface area (TPSA) is 46.2 Å². The molecule has 0 aliphatic carbocycles. The fourth-order valence-electron chi connectivity index (χ4n) is 3.20. The standard InChI is InChI=1S/C18H25NO2/c1-12(2)9-10-18(4)11-15(20)19-17(21)16(18)14-7-5-13(3)6-8-14/h5-8,12,16H,9-11H2,1-4H3,(H,19,20,21). The largest absolute Gasteiger partial charge is 0.296 e. The first-order valence-corrected chi connectivity index (χ1v) is 7.72. The molecule has 114 valence electrons. The van der Waals surface area contributed by atoms with Crippen molar-refractivity contribution >= 4 is 11.8 Å². The number of carbonyl (C=O) groups is 2. The van der Waals surface area contributed by atoms with E-state index in [9.17, 15) is 9.59 Å². The summed E-state index contributed by atoms with van der Waals surface area (Å²) in [4.78, 5) is 24.3. The molecule has 1 aliphatic heterocycles. The van der Waals surface area contributed by atoms with Crippen molar-refractivity contribution < 1.29 is 9.59 Å². The van der Waals surface area contributed by atoms with Gasteiger partial charge in [0.1, 0.15) is 0 Å². The molecule has 0 saturated carbocycles. The van der Waals surface area contributed by atoms with Crippen molar-refractivity contribution in [3.63, 3.8) is 0 Å². The second-order valence-corrected chi connectivity index (χ2v) is 7.02. The van der Waals surface area contributed by atoms with Gasteiger partial charge in [0.05, 0.1) is 5.92 Å². The van der Waals surface area contributed by atoms with Crippen LogP contribution in [0.15, 0.2) is 24.3 Å². The number of benzene rings is 1. The van der Waals surface area contributed by atoms with Crippen molar-refractivity contribution in [1.82, 2.24) is 5.32 Å². The van der Waals surface area contributed by atoms with Crippen LogP contribution in [0.1, 0.15) is 57.1 Å². The molecule has 0 radical (unpaired) electrons. The summed E-state index contributed by atoms with van der Waals surface area (Å²) >= 11 is 0. The van der Waals surface area contributed by atoms with Crippen LogP contribution < -0.4 is 5.32 Å². The van der Waals surface area contributed by atoms with E-state index in [4.69, 9.17) is 0 Å². The first kappa shape index (κ1) is 15.7. The van der Waals surface area contributed by atoms with E-state index in [1.165, 1.54) is 5.56 Å². The number of piperidine rings is 1. The first-order valence-electron chi connectivity index (χ1n) is 7.72. The summed E-state index contributed by atoms with van der Waals surface area (Å²) in [6.07, 6.45) is 2.34. The molecule has 1 aliphatic rings. The number of rotatable bonds is 4. The summed E-state index contributed by atoms with van der Waals surface area (Å²) in [5.41, 5.74) is 1.89. The summed E-state index contributed by atoms with van der Waals surface area (Å²) in [7, 11) is 0. The van der Waals surface area contributed by atoms with E-state index in [0.29, 0.717) is 12.3 Å². The van der Waals surface area contributed by atoms with Crippen molar-refractivity contribution in [1.29, 1.82) is 0 Å². The van der Waals surface area contributed by atoms with Gasteiger partial charge in [0.15, 0.2) is 0 Å². The third kappa shape index (κ3) is 3.52. The Morgan fingerprint density at radius 1 is 1.24 bits per heavy atom. The van der Waals surface area contributed by atoms with Crippen LogP contribution in [0.25, 0.3) is 0 Å². The van der Waals surface area contributed by atoms with E-state index in [0.717, 1.165) is 18.4 Å². The van der Waals surface area contributed by atoms with Gasteiger partial charge in [-0.2, -0.15) is 0 Å². The number of amides is 2. The van der Waals surface area contributed by atoms with Gasteiger partial charge >= 0.3 is 0 Å². The normalized spacial score (nSPS) is 26.0. The van der Waals surface area contributed by atoms with Crippen LogP contribution >= 0.6 is 0 Å². The molecule has 1 N–H and O–H groups in total. The molecule has 1 fully saturated rings. The highest BCUT2D eigenvalue weighted by Crippen LogP contribution is 2.45. The van der Waals surface area contributed by atoms with E-state index in [1.807, 2.05) is 31.2 Å². The van der Waals surface area contributed by atoms with E-state index < -0.39 is 0 Å². The third-order valence-electron chi connectivity index (χ3n) is 4.49. The van der Waals surface area contributed by atoms with Gasteiger partial charge in [-0.05, 0) is 30.2 Å². The fraction of sp³-hybridized carbons (Fsp3) is 0.556. The van der Waals surface area contributed by atoms with Gasteiger partial charge in [0, 0.05) is 6.42 Å². The Balaban J connectivity index is 2.34. The number of hydrogen-bond acceptors (Lipinski definition) is 2. The highest BCUT2D eigenvalue weighted by Gasteiger charge is 2.45. The number of carbonyl (C=O) groups excluding carboxylic acids is 2. The third-order valence-corrected chi connectivity index (χ3v) is 4.49. The molecule has 2 rings (SSSR count). The molecule has 0 bridgehead atoms. The van der Waals surface area contributed by atoms with E-state index >= 15 is 0 Å². The molecular weight excluding hydrogens is 262 g/mol. The Hall–Kier alpha value is -1.64. The zero-order valence-corrected chi connectivity index (χ0v) is 13.4. The zero-order chi connectivity index (χ0) is 15.6. The second-order valence-electron chi connectivity index (χ2n) is 7.02. The SMILES string of the molecule is Cc1ccc(C2C(=O)NC(=O)CC2(C)CCC(C)C)cc1. The highest BCUT2D eigenvalue weighted by molar-refractivity contribution is 6.02. The minimum atomic E-state index is -0.293. The van der Waals surface area contributed by atoms with Crippen LogP contribution in [0.5, 0.6) is 0 Å². The Labute approximate surface area is 127 Å². The quantitative estimate of drug-likeness (QED) is 0.861. The molecule has 3 nitrogen and oxygen atoms in total. The lowest BCUT2D eigenvalue weighted by Crippen LogP contribution is -2.49. The Morgan fingerprint density at radius 2 is 1.86 bits per heavy atom. The molecule has 1 aromatic rings. The molecule has 21 heavy (non-hydrogen) atoms. The summed E-state index contributed by atoms with van der Waals surface area (Å²) < 4.78 is 0. The van der Waals surface area contributed by atoms with Gasteiger partial charge in [-0.15, -0.1) is 0 Å². The molecule has 0 spiro atoms. The van der Waals surface area contributed by atoms with Gasteiger partial charge in [-0.1, -0.05) is 57.0 Å². The van der Waals surface area contributed by atoms with Gasteiger partial charge in [0.2, 0.25) is 11.8 Å². The maximum atomic E-state index is 12.4. The Bertz CT molecular complexity index is 533. The van der Waals surface area contributed by atoms with Crippen LogP contribution in [-0.4, -0.2) is 11.8 Å². The summed E-state index contributed by atoms with van der Waals surface area (Å²) in [6, 6.07) is 8.09. The number of hydrogen-bond donors (Lipinski definition) is 1. The van der Waals surface area contributed by atoms with Gasteiger partial charge in [-0.3, -0.25) is 14.9 Å². The fourth-order valence-corrected chi connectivity index (χ4v) is 3.20. The van der Waals surface area contributed by atoms with Crippen LogP contribution in [0.4, 0.5) is 0 Å². The van der Waals surface area contributed by atoms with Crippen molar-refractivity contribution in [3.8, 4) is 0 Å². The van der Waals surface area contributed by atoms with Crippen molar-refractivity contribution in [2.45, 2.75) is 52.9 Å². The molecule has 3 heteroatoms. The predicted molar refractivity (Wildman–Crippen MR) is 83.9 cm³/mol. The highest BCUT2D eigenvalue weighted by atomic mass is 16.2. The number of nitrogens with one attached hydrogen (secondary N) is 1. The van der Waals surface area contributed by atoms with Gasteiger partial charge in [0.25, 0.3) is 0 Å². The first-order chi connectivity index (χ1) is 9.82. The summed E-state index contributed by atoms with van der Waals surface area (Å²) in [6.45, 7) is 8.46. The second kappa shape index (κ2) is 6.00. The Kier molecular flexibility index (Phi) is 4.50. The molecule has 2 amide bonds. The van der Waals surface area contributed by atoms with E-state index in [-0.39, 0.29) is 23.1 Å². The van der Waals surface area contributed by atoms with Crippen molar-refractivity contribution in [2.24, 2.45) is 11.3 Å². The van der Waals surface area contributed by atoms with Crippen LogP contribution in [0.3, 0.4) is 0 Å². The molecule has 1 heterocycles. The molecule has 2 unspecified atom stereocenters. The average Bonchev–Trinajstić information content (AvgIpc) is 2.38. The number of imide groups is 1. The zero-order valence-electron chi connectivity index (χ0n) is 13.4. The lowest BCUT2D eigenvalue weighted by atomic mass is 9.65. The minimum Gasteiger partial charge on any atom is -0.296 e. The average molecular weight is 287 g/mol. The molecule has 0 aromatic heterocycles. The maximum Gasteiger partial charge on any atom is 0.234 e. The lowest BCUT2D eigenvalue weighted by Gasteiger charge is -2.40. The van der Waals surface area contributed by atoms with E-state index in [2.05, 4.69) is 26.1 Å². The molecular formula is C18H25NO2. The number of aryl methyl sites for hydroxylation is 1. The van der Waals surface area contributed by atoms with Crippen molar-refractivity contribution in [2.75, 3.05) is 0 Å². The predicted octanol–water partition coefficient (Wildman–Crippen LogP) is 3.57.